The van der Waals surface area contributed by atoms with E-state index in [2.05, 4.69) is 19.2 Å². The van der Waals surface area contributed by atoms with E-state index in [9.17, 15) is 0 Å². The minimum absolute atomic E-state index is 0.748. The molecule has 2 fully saturated rings. The maximum atomic E-state index is 3.56. The summed E-state index contributed by atoms with van der Waals surface area (Å²) in [5.74, 6) is 0. The maximum absolute atomic E-state index is 3.56. The Bertz CT molecular complexity index is 182. The van der Waals surface area contributed by atoms with Crippen molar-refractivity contribution < 1.29 is 0 Å². The highest BCUT2D eigenvalue weighted by Gasteiger charge is 2.41. The molecule has 2 aliphatic rings. The Balaban J connectivity index is 1.85. The number of hydrogen-bond donors (Lipinski definition) is 1. The molecule has 1 N–H and O–H groups in total. The van der Waals surface area contributed by atoms with Gasteiger partial charge in [0.05, 0.1) is 0 Å². The van der Waals surface area contributed by atoms with Gasteiger partial charge in [-0.1, -0.05) is 32.6 Å². The van der Waals surface area contributed by atoms with Gasteiger partial charge >= 0.3 is 0 Å². The molecule has 1 heterocycles. The average molecular weight is 195 g/mol. The normalized spacial score (nSPS) is 34.7. The van der Waals surface area contributed by atoms with Crippen molar-refractivity contribution in [3.05, 3.63) is 0 Å². The van der Waals surface area contributed by atoms with Crippen LogP contribution in [-0.4, -0.2) is 12.1 Å². The summed E-state index contributed by atoms with van der Waals surface area (Å²) >= 11 is 0. The summed E-state index contributed by atoms with van der Waals surface area (Å²) in [7, 11) is 0. The fourth-order valence-electron chi connectivity index (χ4n) is 3.22. The molecule has 0 amide bonds. The molecule has 14 heavy (non-hydrogen) atoms. The van der Waals surface area contributed by atoms with Crippen LogP contribution in [0.25, 0.3) is 0 Å². The maximum Gasteiger partial charge on any atom is 0.0227 e. The standard InChI is InChI=1S/C13H25N/c1-3-4-7-13(8-5-6-9-13)10-12-11(2)14-12/h11-12,14H,3-10H2,1-2H3. The van der Waals surface area contributed by atoms with E-state index in [1.807, 2.05) is 0 Å². The molecule has 0 spiro atoms. The highest BCUT2D eigenvalue weighted by Crippen LogP contribution is 2.47. The summed E-state index contributed by atoms with van der Waals surface area (Å²) in [4.78, 5) is 0. The Labute approximate surface area is 88.7 Å². The molecule has 82 valence electrons. The minimum atomic E-state index is 0.748. The van der Waals surface area contributed by atoms with Gasteiger partial charge in [-0.15, -0.1) is 0 Å². The predicted molar refractivity (Wildman–Crippen MR) is 61.4 cm³/mol. The molecule has 1 aliphatic carbocycles. The topological polar surface area (TPSA) is 21.9 Å². The van der Waals surface area contributed by atoms with Crippen molar-refractivity contribution in [3.63, 3.8) is 0 Å². The van der Waals surface area contributed by atoms with Gasteiger partial charge in [-0.2, -0.15) is 0 Å². The van der Waals surface area contributed by atoms with Crippen LogP contribution in [0.4, 0.5) is 0 Å². The molecular weight excluding hydrogens is 170 g/mol. The second-order valence-electron chi connectivity index (χ2n) is 5.58. The highest BCUT2D eigenvalue weighted by atomic mass is 15.1. The van der Waals surface area contributed by atoms with E-state index < -0.39 is 0 Å². The van der Waals surface area contributed by atoms with E-state index in [0.29, 0.717) is 0 Å². The van der Waals surface area contributed by atoms with Gasteiger partial charge in [0.2, 0.25) is 0 Å². The van der Waals surface area contributed by atoms with Crippen molar-refractivity contribution in [1.82, 2.24) is 5.32 Å². The zero-order chi connectivity index (χ0) is 10.0. The first-order valence-corrected chi connectivity index (χ1v) is 6.52. The van der Waals surface area contributed by atoms with E-state index in [1.165, 1.54) is 51.4 Å². The Kier molecular flexibility index (Phi) is 3.16. The molecule has 1 aliphatic heterocycles. The molecular formula is C13H25N. The van der Waals surface area contributed by atoms with Crippen molar-refractivity contribution in [3.8, 4) is 0 Å². The lowest BCUT2D eigenvalue weighted by Gasteiger charge is -2.28. The second-order valence-corrected chi connectivity index (χ2v) is 5.58. The fourth-order valence-corrected chi connectivity index (χ4v) is 3.22. The smallest absolute Gasteiger partial charge is 0.0227 e. The fraction of sp³-hybridized carbons (Fsp3) is 1.00. The second kappa shape index (κ2) is 4.22. The number of unbranched alkanes of at least 4 members (excludes halogenated alkanes) is 1. The molecule has 0 aromatic heterocycles. The van der Waals surface area contributed by atoms with E-state index in [1.54, 1.807) is 0 Å². The van der Waals surface area contributed by atoms with Crippen LogP contribution in [0.15, 0.2) is 0 Å². The van der Waals surface area contributed by atoms with Crippen molar-refractivity contribution in [2.24, 2.45) is 5.41 Å². The molecule has 1 nitrogen and oxygen atoms in total. The van der Waals surface area contributed by atoms with Crippen LogP contribution in [0.5, 0.6) is 0 Å². The SMILES string of the molecule is CCCCC1(CC2NC2C)CCCC1. The first-order valence-electron chi connectivity index (χ1n) is 6.52. The van der Waals surface area contributed by atoms with Crippen LogP contribution in [-0.2, 0) is 0 Å². The first kappa shape index (κ1) is 10.5. The monoisotopic (exact) mass is 195 g/mol. The van der Waals surface area contributed by atoms with Gasteiger partial charge in [0.15, 0.2) is 0 Å². The van der Waals surface area contributed by atoms with Crippen LogP contribution in [0.3, 0.4) is 0 Å². The quantitative estimate of drug-likeness (QED) is 0.666. The third-order valence-electron chi connectivity index (χ3n) is 4.35. The van der Waals surface area contributed by atoms with E-state index in [-0.39, 0.29) is 0 Å². The lowest BCUT2D eigenvalue weighted by molar-refractivity contribution is 0.238. The summed E-state index contributed by atoms with van der Waals surface area (Å²) in [5.41, 5.74) is 0.748. The van der Waals surface area contributed by atoms with Gasteiger partial charge in [0.25, 0.3) is 0 Å². The van der Waals surface area contributed by atoms with Crippen LogP contribution >= 0.6 is 0 Å². The third-order valence-corrected chi connectivity index (χ3v) is 4.35. The summed E-state index contributed by atoms with van der Waals surface area (Å²) in [6.45, 7) is 4.65. The molecule has 2 unspecified atom stereocenters. The van der Waals surface area contributed by atoms with Crippen LogP contribution in [0, 0.1) is 5.41 Å². The molecule has 0 radical (unpaired) electrons. The highest BCUT2D eigenvalue weighted by molar-refractivity contribution is 5.00. The van der Waals surface area contributed by atoms with Gasteiger partial charge in [-0.05, 0) is 38.0 Å². The Hall–Kier alpha value is -0.0400. The number of nitrogens with one attached hydrogen (secondary N) is 1. The molecule has 1 saturated heterocycles. The lowest BCUT2D eigenvalue weighted by Crippen LogP contribution is -2.20. The molecule has 1 saturated carbocycles. The number of hydrogen-bond acceptors (Lipinski definition) is 1. The van der Waals surface area contributed by atoms with Crippen LogP contribution in [0.1, 0.15) is 65.2 Å². The van der Waals surface area contributed by atoms with Gasteiger partial charge < -0.3 is 5.32 Å². The molecule has 2 rings (SSSR count). The molecule has 0 aromatic rings. The average Bonchev–Trinajstić information content (AvgIpc) is 2.68. The zero-order valence-corrected chi connectivity index (χ0v) is 9.81. The molecule has 0 bridgehead atoms. The van der Waals surface area contributed by atoms with Gasteiger partial charge in [0, 0.05) is 12.1 Å². The Morgan fingerprint density at radius 2 is 1.93 bits per heavy atom. The Morgan fingerprint density at radius 3 is 2.43 bits per heavy atom. The molecule has 1 heteroatoms. The van der Waals surface area contributed by atoms with Crippen LogP contribution in [0.2, 0.25) is 0 Å². The largest absolute Gasteiger partial charge is 0.308 e. The zero-order valence-electron chi connectivity index (χ0n) is 9.81. The van der Waals surface area contributed by atoms with E-state index >= 15 is 0 Å². The van der Waals surface area contributed by atoms with E-state index in [0.717, 1.165) is 17.5 Å². The lowest BCUT2D eigenvalue weighted by atomic mass is 9.77. The number of rotatable bonds is 5. The Morgan fingerprint density at radius 1 is 1.29 bits per heavy atom. The third kappa shape index (κ3) is 2.31. The van der Waals surface area contributed by atoms with E-state index in [4.69, 9.17) is 0 Å². The summed E-state index contributed by atoms with van der Waals surface area (Å²) < 4.78 is 0. The predicted octanol–water partition coefficient (Wildman–Crippen LogP) is 3.49. The summed E-state index contributed by atoms with van der Waals surface area (Å²) in [6.07, 6.45) is 11.8. The van der Waals surface area contributed by atoms with Crippen LogP contribution < -0.4 is 5.32 Å². The minimum Gasteiger partial charge on any atom is -0.308 e. The van der Waals surface area contributed by atoms with Crippen molar-refractivity contribution in [1.29, 1.82) is 0 Å². The van der Waals surface area contributed by atoms with Crippen molar-refractivity contribution in [2.45, 2.75) is 77.3 Å². The van der Waals surface area contributed by atoms with Gasteiger partial charge in [-0.3, -0.25) is 0 Å². The first-order chi connectivity index (χ1) is 6.76. The van der Waals surface area contributed by atoms with Gasteiger partial charge in [0.1, 0.15) is 0 Å². The summed E-state index contributed by atoms with van der Waals surface area (Å²) in [6, 6.07) is 1.68. The van der Waals surface area contributed by atoms with Gasteiger partial charge in [-0.25, -0.2) is 0 Å². The van der Waals surface area contributed by atoms with Crippen molar-refractivity contribution >= 4 is 0 Å². The summed E-state index contributed by atoms with van der Waals surface area (Å²) in [5, 5.41) is 3.56. The molecule has 2 atom stereocenters. The molecule has 0 aromatic carbocycles. The van der Waals surface area contributed by atoms with Crippen molar-refractivity contribution in [2.75, 3.05) is 0 Å².